The number of hydrogen-bond donors (Lipinski definition) is 2. The molecule has 21 heavy (non-hydrogen) atoms. The van der Waals surface area contributed by atoms with Gasteiger partial charge in [0.1, 0.15) is 0 Å². The number of methoxy groups -OCH3 is 1. The summed E-state index contributed by atoms with van der Waals surface area (Å²) in [7, 11) is 1.57. The molecule has 2 rings (SSSR count). The van der Waals surface area contributed by atoms with Crippen molar-refractivity contribution in [2.45, 2.75) is 12.5 Å². The molecule has 1 heterocycles. The van der Waals surface area contributed by atoms with Gasteiger partial charge in [-0.05, 0) is 18.5 Å². The molecule has 1 aliphatic heterocycles. The summed E-state index contributed by atoms with van der Waals surface area (Å²) in [6.07, 6.45) is 0.446. The molecule has 1 fully saturated rings. The molecule has 5 heteroatoms. The maximum absolute atomic E-state index is 12.2. The normalized spacial score (nSPS) is 17.4. The Morgan fingerprint density at radius 3 is 2.71 bits per heavy atom. The number of hydrogen-bond acceptors (Lipinski definition) is 4. The summed E-state index contributed by atoms with van der Waals surface area (Å²) >= 11 is 0. The lowest BCUT2D eigenvalue weighted by Crippen LogP contribution is -2.44. The molecule has 0 radical (unpaired) electrons. The number of ether oxygens (including phenoxy) is 1. The van der Waals surface area contributed by atoms with Gasteiger partial charge in [0.2, 0.25) is 0 Å². The zero-order valence-electron chi connectivity index (χ0n) is 12.7. The van der Waals surface area contributed by atoms with Crippen LogP contribution in [0.1, 0.15) is 18.1 Å². The highest BCUT2D eigenvalue weighted by atomic mass is 16.5. The van der Waals surface area contributed by atoms with Crippen molar-refractivity contribution in [3.63, 3.8) is 0 Å². The smallest absolute Gasteiger partial charge is 0.253 e. The third-order valence-electron chi connectivity index (χ3n) is 3.74. The Balaban J connectivity index is 1.70. The topological polar surface area (TPSA) is 53.6 Å². The molecule has 0 aromatic heterocycles. The van der Waals surface area contributed by atoms with E-state index in [4.69, 9.17) is 4.74 Å². The Labute approximate surface area is 126 Å². The van der Waals surface area contributed by atoms with Gasteiger partial charge in [-0.3, -0.25) is 4.79 Å². The van der Waals surface area contributed by atoms with E-state index < -0.39 is 6.10 Å². The van der Waals surface area contributed by atoms with E-state index >= 15 is 0 Å². The lowest BCUT2D eigenvalue weighted by Gasteiger charge is -2.27. The lowest BCUT2D eigenvalue weighted by molar-refractivity contribution is -0.131. The Hall–Kier alpha value is -1.43. The van der Waals surface area contributed by atoms with E-state index in [1.165, 1.54) is 0 Å². The summed E-state index contributed by atoms with van der Waals surface area (Å²) in [6, 6.07) is 9.59. The van der Waals surface area contributed by atoms with E-state index in [-0.39, 0.29) is 5.91 Å². The van der Waals surface area contributed by atoms with Crippen LogP contribution in [0, 0.1) is 0 Å². The van der Waals surface area contributed by atoms with E-state index in [1.54, 1.807) is 7.11 Å². The number of nitrogens with one attached hydrogen (secondary N) is 2. The number of piperazine rings is 1. The monoisotopic (exact) mass is 291 g/mol. The van der Waals surface area contributed by atoms with Crippen LogP contribution in [0.2, 0.25) is 0 Å². The molecule has 1 aromatic carbocycles. The molecule has 116 valence electrons. The van der Waals surface area contributed by atoms with Crippen molar-refractivity contribution < 1.29 is 9.53 Å². The van der Waals surface area contributed by atoms with Gasteiger partial charge in [0.25, 0.3) is 5.91 Å². The van der Waals surface area contributed by atoms with Crippen molar-refractivity contribution in [3.8, 4) is 0 Å². The third-order valence-corrected chi connectivity index (χ3v) is 3.74. The minimum atomic E-state index is -0.523. The van der Waals surface area contributed by atoms with Crippen molar-refractivity contribution >= 4 is 5.91 Å². The molecule has 0 spiro atoms. The first-order chi connectivity index (χ1) is 10.3. The average molecular weight is 291 g/mol. The first-order valence-electron chi connectivity index (χ1n) is 7.60. The van der Waals surface area contributed by atoms with Gasteiger partial charge in [0.05, 0.1) is 0 Å². The zero-order valence-corrected chi connectivity index (χ0v) is 12.7. The first-order valence-corrected chi connectivity index (χ1v) is 7.60. The molecule has 0 bridgehead atoms. The molecule has 1 aromatic rings. The predicted molar refractivity (Wildman–Crippen MR) is 83.1 cm³/mol. The van der Waals surface area contributed by atoms with Gasteiger partial charge in [-0.1, -0.05) is 30.3 Å². The number of amides is 1. The minimum absolute atomic E-state index is 0.0657. The van der Waals surface area contributed by atoms with Crippen LogP contribution >= 0.6 is 0 Å². The number of benzene rings is 1. The van der Waals surface area contributed by atoms with Gasteiger partial charge >= 0.3 is 0 Å². The highest BCUT2D eigenvalue weighted by Crippen LogP contribution is 2.15. The summed E-state index contributed by atoms with van der Waals surface area (Å²) in [5.74, 6) is -0.0657. The second kappa shape index (κ2) is 8.77. The third kappa shape index (κ3) is 5.12. The molecule has 1 atom stereocenters. The van der Waals surface area contributed by atoms with Gasteiger partial charge in [-0.2, -0.15) is 0 Å². The molecular weight excluding hydrogens is 266 g/mol. The maximum Gasteiger partial charge on any atom is 0.253 e. The van der Waals surface area contributed by atoms with Crippen molar-refractivity contribution in [2.75, 3.05) is 46.4 Å². The van der Waals surface area contributed by atoms with Gasteiger partial charge < -0.3 is 20.3 Å². The summed E-state index contributed by atoms with van der Waals surface area (Å²) in [5.41, 5.74) is 0.889. The fourth-order valence-corrected chi connectivity index (χ4v) is 2.56. The second-order valence-electron chi connectivity index (χ2n) is 5.26. The second-order valence-corrected chi connectivity index (χ2v) is 5.26. The van der Waals surface area contributed by atoms with E-state index in [1.807, 2.05) is 30.3 Å². The summed E-state index contributed by atoms with van der Waals surface area (Å²) in [6.45, 7) is 6.04. The highest BCUT2D eigenvalue weighted by Gasteiger charge is 2.19. The van der Waals surface area contributed by atoms with Crippen LogP contribution < -0.4 is 10.6 Å². The molecule has 1 saturated heterocycles. The van der Waals surface area contributed by atoms with Crippen LogP contribution in [0.4, 0.5) is 0 Å². The van der Waals surface area contributed by atoms with Gasteiger partial charge in [0, 0.05) is 39.8 Å². The number of carbonyl (C=O) groups is 1. The van der Waals surface area contributed by atoms with Crippen LogP contribution in [0.15, 0.2) is 30.3 Å². The van der Waals surface area contributed by atoms with Crippen molar-refractivity contribution in [1.82, 2.24) is 15.5 Å². The zero-order chi connectivity index (χ0) is 14.9. The SMILES string of the molecule is COC(C(=O)NCCCN1CCNCC1)c1ccccc1. The molecule has 5 nitrogen and oxygen atoms in total. The van der Waals surface area contributed by atoms with Crippen molar-refractivity contribution in [1.29, 1.82) is 0 Å². The molecule has 1 amide bonds. The van der Waals surface area contributed by atoms with Crippen LogP contribution in [0.3, 0.4) is 0 Å². The summed E-state index contributed by atoms with van der Waals surface area (Å²) in [5, 5.41) is 6.30. The highest BCUT2D eigenvalue weighted by molar-refractivity contribution is 5.82. The van der Waals surface area contributed by atoms with E-state index in [2.05, 4.69) is 15.5 Å². The van der Waals surface area contributed by atoms with Crippen LogP contribution in [-0.2, 0) is 9.53 Å². The average Bonchev–Trinajstić information content (AvgIpc) is 2.54. The van der Waals surface area contributed by atoms with Crippen molar-refractivity contribution in [2.24, 2.45) is 0 Å². The fourth-order valence-electron chi connectivity index (χ4n) is 2.56. The van der Waals surface area contributed by atoms with Gasteiger partial charge in [-0.15, -0.1) is 0 Å². The largest absolute Gasteiger partial charge is 0.367 e. The Bertz CT molecular complexity index is 419. The predicted octanol–water partition coefficient (Wildman–Crippen LogP) is 0.786. The Kier molecular flexibility index (Phi) is 6.66. The van der Waals surface area contributed by atoms with Crippen LogP contribution in [-0.4, -0.2) is 57.2 Å². The first kappa shape index (κ1) is 15.9. The van der Waals surface area contributed by atoms with Crippen LogP contribution in [0.5, 0.6) is 0 Å². The van der Waals surface area contributed by atoms with E-state index in [0.29, 0.717) is 6.54 Å². The van der Waals surface area contributed by atoms with Crippen molar-refractivity contribution in [3.05, 3.63) is 35.9 Å². The molecule has 2 N–H and O–H groups in total. The van der Waals surface area contributed by atoms with Crippen LogP contribution in [0.25, 0.3) is 0 Å². The maximum atomic E-state index is 12.2. The molecule has 1 unspecified atom stereocenters. The lowest BCUT2D eigenvalue weighted by atomic mass is 10.1. The Morgan fingerprint density at radius 1 is 1.33 bits per heavy atom. The van der Waals surface area contributed by atoms with E-state index in [0.717, 1.165) is 44.7 Å². The quantitative estimate of drug-likeness (QED) is 0.729. The Morgan fingerprint density at radius 2 is 2.05 bits per heavy atom. The molecule has 1 aliphatic rings. The summed E-state index contributed by atoms with van der Waals surface area (Å²) in [4.78, 5) is 14.6. The molecule has 0 aliphatic carbocycles. The fraction of sp³-hybridized carbons (Fsp3) is 0.562. The summed E-state index contributed by atoms with van der Waals surface area (Å²) < 4.78 is 5.31. The number of nitrogens with zero attached hydrogens (tertiary/aromatic N) is 1. The van der Waals surface area contributed by atoms with Gasteiger partial charge in [-0.25, -0.2) is 0 Å². The molecular formula is C16H25N3O2. The van der Waals surface area contributed by atoms with E-state index in [9.17, 15) is 4.79 Å². The number of carbonyl (C=O) groups excluding carboxylic acids is 1. The molecule has 0 saturated carbocycles. The standard InChI is InChI=1S/C16H25N3O2/c1-21-15(14-6-3-2-4-7-14)16(20)18-8-5-11-19-12-9-17-10-13-19/h2-4,6-7,15,17H,5,8-13H2,1H3,(H,18,20). The number of rotatable bonds is 7. The minimum Gasteiger partial charge on any atom is -0.367 e. The van der Waals surface area contributed by atoms with Gasteiger partial charge in [0.15, 0.2) is 6.10 Å².